The second-order valence-electron chi connectivity index (χ2n) is 3.08. The van der Waals surface area contributed by atoms with Crippen LogP contribution in [0.3, 0.4) is 0 Å². The molecule has 2 N–H and O–H groups in total. The van der Waals surface area contributed by atoms with Crippen LogP contribution in [0.1, 0.15) is 46.0 Å². The Balaban J connectivity index is 3.27. The molecule has 11 heavy (non-hydrogen) atoms. The Morgan fingerprint density at radius 1 is 1.36 bits per heavy atom. The van der Waals surface area contributed by atoms with Gasteiger partial charge in [-0.1, -0.05) is 31.4 Å². The van der Waals surface area contributed by atoms with Crippen LogP contribution in [0, 0.1) is 0 Å². The summed E-state index contributed by atoms with van der Waals surface area (Å²) in [6.07, 6.45) is 8.56. The molecule has 1 nitrogen and oxygen atoms in total. The highest BCUT2D eigenvalue weighted by Gasteiger charge is 1.88. The molecule has 1 heteroatoms. The lowest BCUT2D eigenvalue weighted by Crippen LogP contribution is -1.95. The fourth-order valence-electron chi connectivity index (χ4n) is 1.09. The van der Waals surface area contributed by atoms with Crippen molar-refractivity contribution in [2.45, 2.75) is 46.0 Å². The molecular formula is C10H21N. The average Bonchev–Trinajstić information content (AvgIpc) is 2.01. The summed E-state index contributed by atoms with van der Waals surface area (Å²) < 4.78 is 0. The summed E-state index contributed by atoms with van der Waals surface area (Å²) in [5.74, 6) is 0. The van der Waals surface area contributed by atoms with Crippen molar-refractivity contribution in [2.24, 2.45) is 5.73 Å². The highest BCUT2D eigenvalue weighted by molar-refractivity contribution is 4.97. The summed E-state index contributed by atoms with van der Waals surface area (Å²) in [7, 11) is 0. The van der Waals surface area contributed by atoms with E-state index in [9.17, 15) is 0 Å². The Kier molecular flexibility index (Phi) is 7.59. The van der Waals surface area contributed by atoms with Gasteiger partial charge in [0.1, 0.15) is 0 Å². The molecule has 0 rings (SSSR count). The molecule has 0 saturated heterocycles. The van der Waals surface area contributed by atoms with Crippen molar-refractivity contribution >= 4 is 0 Å². The van der Waals surface area contributed by atoms with Crippen LogP contribution < -0.4 is 5.73 Å². The van der Waals surface area contributed by atoms with E-state index in [0.717, 1.165) is 13.0 Å². The van der Waals surface area contributed by atoms with Crippen LogP contribution in [0.25, 0.3) is 0 Å². The summed E-state index contributed by atoms with van der Waals surface area (Å²) in [5, 5.41) is 0. The maximum Gasteiger partial charge on any atom is -0.00425 e. The number of rotatable bonds is 6. The quantitative estimate of drug-likeness (QED) is 0.463. The molecule has 0 heterocycles. The molecule has 66 valence electrons. The van der Waals surface area contributed by atoms with E-state index in [4.69, 9.17) is 5.73 Å². The minimum atomic E-state index is 0.783. The summed E-state index contributed by atoms with van der Waals surface area (Å²) in [4.78, 5) is 0. The fourth-order valence-corrected chi connectivity index (χ4v) is 1.09. The standard InChI is InChI=1S/C10H21N/c1-3-4-5-7-10(2)8-6-9-11/h8H,3-7,9,11H2,1-2H3. The summed E-state index contributed by atoms with van der Waals surface area (Å²) in [6.45, 7) is 5.22. The highest BCUT2D eigenvalue weighted by Crippen LogP contribution is 2.08. The molecule has 0 aliphatic heterocycles. The van der Waals surface area contributed by atoms with E-state index in [0.29, 0.717) is 0 Å². The smallest absolute Gasteiger partial charge is 0.00425 e. The molecule has 0 aromatic rings. The van der Waals surface area contributed by atoms with E-state index >= 15 is 0 Å². The lowest BCUT2D eigenvalue weighted by molar-refractivity contribution is 0.711. The largest absolute Gasteiger partial charge is 0.330 e. The number of nitrogens with two attached hydrogens (primary N) is 1. The molecule has 0 aromatic carbocycles. The molecular weight excluding hydrogens is 134 g/mol. The Bertz CT molecular complexity index is 105. The second-order valence-corrected chi connectivity index (χ2v) is 3.08. The van der Waals surface area contributed by atoms with Crippen LogP contribution in [0.2, 0.25) is 0 Å². The second kappa shape index (κ2) is 7.80. The Labute approximate surface area is 70.7 Å². The predicted octanol–water partition coefficient (Wildman–Crippen LogP) is 2.86. The Hall–Kier alpha value is -0.300. The van der Waals surface area contributed by atoms with Crippen LogP contribution in [0.15, 0.2) is 11.6 Å². The Morgan fingerprint density at radius 3 is 2.64 bits per heavy atom. The van der Waals surface area contributed by atoms with Crippen LogP contribution >= 0.6 is 0 Å². The van der Waals surface area contributed by atoms with Crippen LogP contribution in [0.5, 0.6) is 0 Å². The molecule has 0 aromatic heterocycles. The number of allylic oxidation sites excluding steroid dienone is 1. The van der Waals surface area contributed by atoms with Crippen molar-refractivity contribution in [1.82, 2.24) is 0 Å². The van der Waals surface area contributed by atoms with Crippen LogP contribution in [0.4, 0.5) is 0 Å². The van der Waals surface area contributed by atoms with Crippen molar-refractivity contribution in [3.8, 4) is 0 Å². The van der Waals surface area contributed by atoms with Gasteiger partial charge in [-0.25, -0.2) is 0 Å². The molecule has 0 bridgehead atoms. The minimum absolute atomic E-state index is 0.783. The lowest BCUT2D eigenvalue weighted by Gasteiger charge is -1.99. The van der Waals surface area contributed by atoms with Crippen molar-refractivity contribution < 1.29 is 0 Å². The molecule has 0 aliphatic carbocycles. The molecule has 0 atom stereocenters. The maximum atomic E-state index is 5.39. The molecule has 0 saturated carbocycles. The third kappa shape index (κ3) is 7.60. The van der Waals surface area contributed by atoms with Gasteiger partial charge in [0.15, 0.2) is 0 Å². The van der Waals surface area contributed by atoms with Gasteiger partial charge >= 0.3 is 0 Å². The number of hydrogen-bond acceptors (Lipinski definition) is 1. The molecule has 0 spiro atoms. The van der Waals surface area contributed by atoms with E-state index in [1.807, 2.05) is 0 Å². The van der Waals surface area contributed by atoms with Gasteiger partial charge < -0.3 is 5.73 Å². The topological polar surface area (TPSA) is 26.0 Å². The molecule has 0 aliphatic rings. The monoisotopic (exact) mass is 155 g/mol. The van der Waals surface area contributed by atoms with Gasteiger partial charge in [0, 0.05) is 0 Å². The summed E-state index contributed by atoms with van der Waals surface area (Å²) >= 11 is 0. The first-order valence-electron chi connectivity index (χ1n) is 4.67. The third-order valence-electron chi connectivity index (χ3n) is 1.83. The summed E-state index contributed by atoms with van der Waals surface area (Å²) in [6, 6.07) is 0. The zero-order valence-electron chi connectivity index (χ0n) is 7.90. The lowest BCUT2D eigenvalue weighted by atomic mass is 10.1. The van der Waals surface area contributed by atoms with Crippen LogP contribution in [-0.4, -0.2) is 6.54 Å². The average molecular weight is 155 g/mol. The van der Waals surface area contributed by atoms with E-state index < -0.39 is 0 Å². The molecule has 0 unspecified atom stereocenters. The fraction of sp³-hybridized carbons (Fsp3) is 0.800. The van der Waals surface area contributed by atoms with Crippen LogP contribution in [-0.2, 0) is 0 Å². The van der Waals surface area contributed by atoms with Gasteiger partial charge in [-0.3, -0.25) is 0 Å². The van der Waals surface area contributed by atoms with Crippen molar-refractivity contribution in [3.05, 3.63) is 11.6 Å². The van der Waals surface area contributed by atoms with E-state index in [-0.39, 0.29) is 0 Å². The van der Waals surface area contributed by atoms with Gasteiger partial charge in [0.05, 0.1) is 0 Å². The Morgan fingerprint density at radius 2 is 2.09 bits per heavy atom. The van der Waals surface area contributed by atoms with Gasteiger partial charge in [0.25, 0.3) is 0 Å². The molecule has 0 fully saturated rings. The number of unbranched alkanes of at least 4 members (excludes halogenated alkanes) is 2. The van der Waals surface area contributed by atoms with E-state index in [2.05, 4.69) is 19.9 Å². The van der Waals surface area contributed by atoms with Crippen molar-refractivity contribution in [2.75, 3.05) is 6.54 Å². The SMILES string of the molecule is CCCCCC(C)=CCCN. The minimum Gasteiger partial charge on any atom is -0.330 e. The summed E-state index contributed by atoms with van der Waals surface area (Å²) in [5.41, 5.74) is 6.89. The zero-order valence-corrected chi connectivity index (χ0v) is 7.90. The van der Waals surface area contributed by atoms with Crippen molar-refractivity contribution in [1.29, 1.82) is 0 Å². The first-order chi connectivity index (χ1) is 5.31. The van der Waals surface area contributed by atoms with E-state index in [1.165, 1.54) is 31.3 Å². The zero-order chi connectivity index (χ0) is 8.53. The number of hydrogen-bond donors (Lipinski definition) is 1. The normalized spacial score (nSPS) is 12.1. The van der Waals surface area contributed by atoms with E-state index in [1.54, 1.807) is 0 Å². The van der Waals surface area contributed by atoms with Gasteiger partial charge in [0.2, 0.25) is 0 Å². The molecule has 0 radical (unpaired) electrons. The van der Waals surface area contributed by atoms with Crippen molar-refractivity contribution in [3.63, 3.8) is 0 Å². The predicted molar refractivity (Wildman–Crippen MR) is 51.6 cm³/mol. The molecule has 0 amide bonds. The van der Waals surface area contributed by atoms with Gasteiger partial charge in [-0.05, 0) is 32.7 Å². The first kappa shape index (κ1) is 10.7. The first-order valence-corrected chi connectivity index (χ1v) is 4.67. The highest BCUT2D eigenvalue weighted by atomic mass is 14.5. The third-order valence-corrected chi connectivity index (χ3v) is 1.83. The maximum absolute atomic E-state index is 5.39. The van der Waals surface area contributed by atoms with Gasteiger partial charge in [-0.2, -0.15) is 0 Å². The van der Waals surface area contributed by atoms with Gasteiger partial charge in [-0.15, -0.1) is 0 Å².